The molecule has 0 bridgehead atoms. The summed E-state index contributed by atoms with van der Waals surface area (Å²) in [5, 5.41) is 4.32. The maximum absolute atomic E-state index is 4.55. The van der Waals surface area contributed by atoms with Gasteiger partial charge in [0.2, 0.25) is 0 Å². The van der Waals surface area contributed by atoms with E-state index >= 15 is 0 Å². The fourth-order valence-electron chi connectivity index (χ4n) is 1.60. The minimum absolute atomic E-state index is 0.451. The van der Waals surface area contributed by atoms with Crippen molar-refractivity contribution in [3.63, 3.8) is 0 Å². The highest BCUT2D eigenvalue weighted by molar-refractivity contribution is 9.10. The largest absolute Gasteiger partial charge is 0.233 e. The van der Waals surface area contributed by atoms with Gasteiger partial charge in [0.1, 0.15) is 0 Å². The van der Waals surface area contributed by atoms with E-state index in [2.05, 4.69) is 52.9 Å². The van der Waals surface area contributed by atoms with Crippen LogP contribution in [0.15, 0.2) is 16.7 Å². The van der Waals surface area contributed by atoms with Gasteiger partial charge in [0, 0.05) is 11.4 Å². The normalized spacial score (nSPS) is 11.5. The smallest absolute Gasteiger partial charge is 0.169 e. The Morgan fingerprint density at radius 2 is 2.20 bits per heavy atom. The van der Waals surface area contributed by atoms with E-state index in [0.717, 1.165) is 22.2 Å². The first-order valence-electron chi connectivity index (χ1n) is 5.16. The maximum Gasteiger partial charge on any atom is 0.169 e. The van der Waals surface area contributed by atoms with Crippen LogP contribution in [0.3, 0.4) is 0 Å². The van der Waals surface area contributed by atoms with Crippen molar-refractivity contribution in [3.05, 3.63) is 28.1 Å². The average Bonchev–Trinajstić information content (AvgIpc) is 2.59. The van der Waals surface area contributed by atoms with Crippen molar-refractivity contribution in [3.8, 4) is 0 Å². The molecular weight excluding hydrogens is 254 g/mol. The van der Waals surface area contributed by atoms with Crippen molar-refractivity contribution in [1.82, 2.24) is 14.6 Å². The molecular formula is C11H14BrN3. The second-order valence-electron chi connectivity index (χ2n) is 3.91. The molecule has 15 heavy (non-hydrogen) atoms. The number of hydrogen-bond acceptors (Lipinski definition) is 2. The number of nitrogens with zero attached hydrogens (tertiary/aromatic N) is 3. The molecule has 0 spiro atoms. The Kier molecular flexibility index (Phi) is 2.78. The van der Waals surface area contributed by atoms with E-state index in [-0.39, 0.29) is 0 Å². The van der Waals surface area contributed by atoms with Gasteiger partial charge in [-0.3, -0.25) is 0 Å². The second-order valence-corrected chi connectivity index (χ2v) is 4.76. The maximum atomic E-state index is 4.55. The van der Waals surface area contributed by atoms with Crippen molar-refractivity contribution in [2.75, 3.05) is 0 Å². The highest BCUT2D eigenvalue weighted by Crippen LogP contribution is 2.22. The molecule has 0 N–H and O–H groups in total. The molecule has 2 rings (SSSR count). The van der Waals surface area contributed by atoms with E-state index in [1.54, 1.807) is 6.20 Å². The molecule has 0 aliphatic heterocycles. The van der Waals surface area contributed by atoms with Gasteiger partial charge in [0.15, 0.2) is 5.65 Å². The van der Waals surface area contributed by atoms with Gasteiger partial charge in [-0.15, -0.1) is 0 Å². The van der Waals surface area contributed by atoms with E-state index in [9.17, 15) is 0 Å². The summed E-state index contributed by atoms with van der Waals surface area (Å²) in [6, 6.07) is 2.14. The summed E-state index contributed by atoms with van der Waals surface area (Å²) >= 11 is 3.47. The summed E-state index contributed by atoms with van der Waals surface area (Å²) in [6.07, 6.45) is 2.75. The summed E-state index contributed by atoms with van der Waals surface area (Å²) in [6.45, 7) is 6.46. The second kappa shape index (κ2) is 3.93. The molecule has 4 heteroatoms. The molecule has 80 valence electrons. The third kappa shape index (κ3) is 1.78. The topological polar surface area (TPSA) is 30.2 Å². The fraction of sp³-hybridized carbons (Fsp3) is 0.455. The summed E-state index contributed by atoms with van der Waals surface area (Å²) in [7, 11) is 0. The van der Waals surface area contributed by atoms with Crippen molar-refractivity contribution in [2.24, 2.45) is 0 Å². The van der Waals surface area contributed by atoms with E-state index in [1.807, 2.05) is 4.52 Å². The first-order chi connectivity index (χ1) is 7.13. The standard InChI is InChI=1S/C11H14BrN3/c1-4-8-5-10(7(2)3)15-11(14-8)9(12)6-13-15/h5-7H,4H2,1-3H3. The van der Waals surface area contributed by atoms with Crippen LogP contribution in [0.4, 0.5) is 0 Å². The molecule has 0 radical (unpaired) electrons. The summed E-state index contributed by atoms with van der Waals surface area (Å²) < 4.78 is 2.87. The summed E-state index contributed by atoms with van der Waals surface area (Å²) in [4.78, 5) is 4.55. The van der Waals surface area contributed by atoms with Crippen LogP contribution < -0.4 is 0 Å². The monoisotopic (exact) mass is 267 g/mol. The van der Waals surface area contributed by atoms with Crippen molar-refractivity contribution < 1.29 is 0 Å². The molecule has 2 heterocycles. The Morgan fingerprint density at radius 3 is 2.80 bits per heavy atom. The van der Waals surface area contributed by atoms with Crippen molar-refractivity contribution in [1.29, 1.82) is 0 Å². The lowest BCUT2D eigenvalue weighted by molar-refractivity contribution is 0.741. The molecule has 0 fully saturated rings. The molecule has 0 amide bonds. The van der Waals surface area contributed by atoms with Crippen LogP contribution in [-0.2, 0) is 6.42 Å². The summed E-state index contributed by atoms with van der Waals surface area (Å²) in [5.41, 5.74) is 3.24. The average molecular weight is 268 g/mol. The van der Waals surface area contributed by atoms with Gasteiger partial charge < -0.3 is 0 Å². The lowest BCUT2D eigenvalue weighted by atomic mass is 10.1. The fourth-order valence-corrected chi connectivity index (χ4v) is 1.95. The van der Waals surface area contributed by atoms with E-state index in [4.69, 9.17) is 0 Å². The highest BCUT2D eigenvalue weighted by atomic mass is 79.9. The number of hydrogen-bond donors (Lipinski definition) is 0. The first-order valence-corrected chi connectivity index (χ1v) is 5.95. The lowest BCUT2D eigenvalue weighted by Gasteiger charge is -2.09. The van der Waals surface area contributed by atoms with Crippen LogP contribution in [0.25, 0.3) is 5.65 Å². The Balaban J connectivity index is 2.76. The number of aryl methyl sites for hydroxylation is 1. The molecule has 0 saturated heterocycles. The number of fused-ring (bicyclic) bond motifs is 1. The Hall–Kier alpha value is -0.900. The Morgan fingerprint density at radius 1 is 1.47 bits per heavy atom. The first kappa shape index (κ1) is 10.6. The van der Waals surface area contributed by atoms with Crippen LogP contribution >= 0.6 is 15.9 Å². The number of aromatic nitrogens is 3. The molecule has 0 unspecified atom stereocenters. The third-order valence-electron chi connectivity index (χ3n) is 2.46. The molecule has 0 aliphatic rings. The van der Waals surface area contributed by atoms with Gasteiger partial charge in [-0.25, -0.2) is 9.50 Å². The van der Waals surface area contributed by atoms with Gasteiger partial charge >= 0.3 is 0 Å². The Labute approximate surface area is 97.6 Å². The molecule has 0 atom stereocenters. The number of rotatable bonds is 2. The van der Waals surface area contributed by atoms with E-state index in [0.29, 0.717) is 5.92 Å². The van der Waals surface area contributed by atoms with Gasteiger partial charge in [-0.2, -0.15) is 5.10 Å². The molecule has 2 aromatic heterocycles. The zero-order chi connectivity index (χ0) is 11.0. The minimum Gasteiger partial charge on any atom is -0.233 e. The number of halogens is 1. The van der Waals surface area contributed by atoms with Crippen molar-refractivity contribution >= 4 is 21.6 Å². The zero-order valence-corrected chi connectivity index (χ0v) is 10.7. The predicted octanol–water partition coefficient (Wildman–Crippen LogP) is 3.18. The molecule has 0 saturated carbocycles. The van der Waals surface area contributed by atoms with Crippen LogP contribution in [0.1, 0.15) is 38.1 Å². The predicted molar refractivity (Wildman–Crippen MR) is 64.2 cm³/mol. The summed E-state index contributed by atoms with van der Waals surface area (Å²) in [5.74, 6) is 0.451. The quantitative estimate of drug-likeness (QED) is 0.837. The van der Waals surface area contributed by atoms with Crippen LogP contribution in [0, 0.1) is 0 Å². The molecule has 0 aromatic carbocycles. The van der Waals surface area contributed by atoms with E-state index < -0.39 is 0 Å². The molecule has 0 aliphatic carbocycles. The van der Waals surface area contributed by atoms with Crippen LogP contribution in [0.2, 0.25) is 0 Å². The third-order valence-corrected chi connectivity index (χ3v) is 3.02. The Bertz CT molecular complexity index is 488. The minimum atomic E-state index is 0.451. The van der Waals surface area contributed by atoms with E-state index in [1.165, 1.54) is 5.69 Å². The van der Waals surface area contributed by atoms with Gasteiger partial charge in [0.25, 0.3) is 0 Å². The zero-order valence-electron chi connectivity index (χ0n) is 9.16. The van der Waals surface area contributed by atoms with Gasteiger partial charge in [-0.05, 0) is 34.3 Å². The van der Waals surface area contributed by atoms with Crippen molar-refractivity contribution in [2.45, 2.75) is 33.1 Å². The van der Waals surface area contributed by atoms with Crippen LogP contribution in [-0.4, -0.2) is 14.6 Å². The SMILES string of the molecule is CCc1cc(C(C)C)n2ncc(Br)c2n1. The lowest BCUT2D eigenvalue weighted by Crippen LogP contribution is -2.04. The van der Waals surface area contributed by atoms with Gasteiger partial charge in [0.05, 0.1) is 10.7 Å². The molecule has 3 nitrogen and oxygen atoms in total. The van der Waals surface area contributed by atoms with Gasteiger partial charge in [-0.1, -0.05) is 20.8 Å². The highest BCUT2D eigenvalue weighted by Gasteiger charge is 2.11. The molecule has 2 aromatic rings. The van der Waals surface area contributed by atoms with Crippen LogP contribution in [0.5, 0.6) is 0 Å².